The lowest BCUT2D eigenvalue weighted by Gasteiger charge is -2.22. The van der Waals surface area contributed by atoms with Gasteiger partial charge in [0.1, 0.15) is 15.6 Å². The summed E-state index contributed by atoms with van der Waals surface area (Å²) in [5, 5.41) is 2.75. The summed E-state index contributed by atoms with van der Waals surface area (Å²) in [5.74, 6) is 0.329. The molecule has 1 aliphatic carbocycles. The molecular weight excluding hydrogens is 327 g/mol. The Hall–Kier alpha value is -1.46. The molecule has 5 nitrogen and oxygen atoms in total. The molecule has 1 heterocycles. The van der Waals surface area contributed by atoms with Gasteiger partial charge in [0.25, 0.3) is 5.91 Å². The van der Waals surface area contributed by atoms with Crippen LogP contribution in [0.15, 0.2) is 24.3 Å². The molecule has 0 aromatic heterocycles. The van der Waals surface area contributed by atoms with Crippen LogP contribution in [0.4, 0.5) is 4.79 Å². The molecule has 3 amide bonds. The first kappa shape index (κ1) is 15.4. The minimum absolute atomic E-state index is 0.0660. The van der Waals surface area contributed by atoms with Crippen molar-refractivity contribution >= 4 is 35.1 Å². The summed E-state index contributed by atoms with van der Waals surface area (Å²) >= 11 is 12.0. The molecule has 22 heavy (non-hydrogen) atoms. The number of benzene rings is 1. The van der Waals surface area contributed by atoms with Crippen molar-refractivity contribution in [2.24, 2.45) is 5.92 Å². The Morgan fingerprint density at radius 3 is 2.41 bits per heavy atom. The Labute approximate surface area is 138 Å². The highest BCUT2D eigenvalue weighted by atomic mass is 35.5. The minimum Gasteiger partial charge on any atom is -0.497 e. The fourth-order valence-electron chi connectivity index (χ4n) is 2.67. The summed E-state index contributed by atoms with van der Waals surface area (Å²) in [6, 6.07) is 6.63. The second-order valence-corrected chi connectivity index (χ2v) is 7.40. The van der Waals surface area contributed by atoms with Crippen LogP contribution >= 0.6 is 23.2 Å². The molecule has 118 valence electrons. The topological polar surface area (TPSA) is 58.6 Å². The maximum atomic E-state index is 12.7. The average Bonchev–Trinajstić information content (AvgIpc) is 3.03. The molecule has 0 spiro atoms. The summed E-state index contributed by atoms with van der Waals surface area (Å²) in [5.41, 5.74) is -0.382. The molecule has 0 bridgehead atoms. The van der Waals surface area contributed by atoms with Crippen molar-refractivity contribution in [3.05, 3.63) is 29.8 Å². The fraction of sp³-hybridized carbons (Fsp3) is 0.467. The smallest absolute Gasteiger partial charge is 0.325 e. The molecule has 3 rings (SSSR count). The van der Waals surface area contributed by atoms with Crippen LogP contribution in [0.5, 0.6) is 5.75 Å². The van der Waals surface area contributed by atoms with E-state index in [1.807, 2.05) is 0 Å². The molecule has 0 radical (unpaired) electrons. The Morgan fingerprint density at radius 2 is 1.91 bits per heavy atom. The number of rotatable bonds is 4. The first-order valence-corrected chi connectivity index (χ1v) is 7.70. The fourth-order valence-corrected chi connectivity index (χ4v) is 3.18. The summed E-state index contributed by atoms with van der Waals surface area (Å²) < 4.78 is 4.29. The highest BCUT2D eigenvalue weighted by molar-refractivity contribution is 6.50. The second kappa shape index (κ2) is 5.03. The Bertz CT molecular complexity index is 632. The lowest BCUT2D eigenvalue weighted by atomic mass is 9.92. The van der Waals surface area contributed by atoms with Crippen molar-refractivity contribution in [1.29, 1.82) is 0 Å². The monoisotopic (exact) mass is 342 g/mol. The highest BCUT2D eigenvalue weighted by Gasteiger charge is 2.56. The number of nitrogens with zero attached hydrogens (tertiary/aromatic N) is 1. The van der Waals surface area contributed by atoms with Crippen LogP contribution in [0.25, 0.3) is 0 Å². The van der Waals surface area contributed by atoms with Gasteiger partial charge < -0.3 is 10.1 Å². The number of urea groups is 1. The van der Waals surface area contributed by atoms with Gasteiger partial charge >= 0.3 is 6.03 Å². The van der Waals surface area contributed by atoms with E-state index in [1.54, 1.807) is 38.3 Å². The number of ether oxygens (including phenoxy) is 1. The molecule has 1 aromatic carbocycles. The molecule has 2 atom stereocenters. The molecule has 1 N–H and O–H groups in total. The summed E-state index contributed by atoms with van der Waals surface area (Å²) in [4.78, 5) is 26.0. The van der Waals surface area contributed by atoms with Crippen LogP contribution in [-0.2, 0) is 10.3 Å². The predicted molar refractivity (Wildman–Crippen MR) is 83.1 cm³/mol. The number of imide groups is 1. The molecule has 1 aliphatic heterocycles. The normalized spacial score (nSPS) is 29.5. The molecule has 2 unspecified atom stereocenters. The van der Waals surface area contributed by atoms with Gasteiger partial charge in [-0.2, -0.15) is 0 Å². The van der Waals surface area contributed by atoms with E-state index in [-0.39, 0.29) is 18.4 Å². The molecule has 2 fully saturated rings. The van der Waals surface area contributed by atoms with Crippen LogP contribution in [0, 0.1) is 5.92 Å². The molecule has 1 saturated heterocycles. The lowest BCUT2D eigenvalue weighted by Crippen LogP contribution is -2.41. The Morgan fingerprint density at radius 1 is 1.32 bits per heavy atom. The van der Waals surface area contributed by atoms with Crippen molar-refractivity contribution in [1.82, 2.24) is 10.2 Å². The Balaban J connectivity index is 1.82. The number of hydrogen-bond acceptors (Lipinski definition) is 3. The third-order valence-corrected chi connectivity index (χ3v) is 5.23. The van der Waals surface area contributed by atoms with Gasteiger partial charge in [0.2, 0.25) is 0 Å². The van der Waals surface area contributed by atoms with E-state index < -0.39 is 15.9 Å². The number of hydrogen-bond donors (Lipinski definition) is 1. The third-order valence-electron chi connectivity index (χ3n) is 4.30. The van der Waals surface area contributed by atoms with E-state index in [9.17, 15) is 9.59 Å². The zero-order valence-electron chi connectivity index (χ0n) is 12.2. The van der Waals surface area contributed by atoms with Crippen LogP contribution in [0.3, 0.4) is 0 Å². The molecule has 2 aliphatic rings. The standard InChI is InChI=1S/C15H16Cl2N2O3/c1-14(9-3-5-11(22-2)6-4-9)12(20)19(13(21)18-14)8-10-7-15(10,16)17/h3-6,10H,7-8H2,1-2H3,(H,18,21). The average molecular weight is 343 g/mol. The van der Waals surface area contributed by atoms with Gasteiger partial charge in [-0.1, -0.05) is 12.1 Å². The van der Waals surface area contributed by atoms with Crippen molar-refractivity contribution in [3.8, 4) is 5.75 Å². The van der Waals surface area contributed by atoms with E-state index in [4.69, 9.17) is 27.9 Å². The van der Waals surface area contributed by atoms with Gasteiger partial charge in [0.15, 0.2) is 0 Å². The van der Waals surface area contributed by atoms with E-state index >= 15 is 0 Å². The number of amides is 3. The largest absolute Gasteiger partial charge is 0.497 e. The van der Waals surface area contributed by atoms with Crippen LogP contribution < -0.4 is 10.1 Å². The van der Waals surface area contributed by atoms with Gasteiger partial charge in [-0.05, 0) is 31.0 Å². The number of methoxy groups -OCH3 is 1. The summed E-state index contributed by atoms with van der Waals surface area (Å²) in [6.07, 6.45) is 0.590. The number of carbonyl (C=O) groups excluding carboxylic acids is 2. The molecule has 1 aromatic rings. The highest BCUT2D eigenvalue weighted by Crippen LogP contribution is 2.53. The molecular formula is C15H16Cl2N2O3. The predicted octanol–water partition coefficient (Wildman–Crippen LogP) is 2.66. The van der Waals surface area contributed by atoms with Gasteiger partial charge in [-0.3, -0.25) is 9.69 Å². The van der Waals surface area contributed by atoms with Crippen LogP contribution in [0.1, 0.15) is 18.9 Å². The quantitative estimate of drug-likeness (QED) is 0.675. The van der Waals surface area contributed by atoms with Crippen molar-refractivity contribution in [2.45, 2.75) is 23.2 Å². The van der Waals surface area contributed by atoms with E-state index in [1.165, 1.54) is 4.90 Å². The zero-order valence-corrected chi connectivity index (χ0v) is 13.7. The van der Waals surface area contributed by atoms with Gasteiger partial charge in [0, 0.05) is 12.5 Å². The maximum absolute atomic E-state index is 12.7. The van der Waals surface area contributed by atoms with Gasteiger partial charge in [-0.25, -0.2) is 4.79 Å². The maximum Gasteiger partial charge on any atom is 0.325 e. The summed E-state index contributed by atoms with van der Waals surface area (Å²) in [6.45, 7) is 1.93. The van der Waals surface area contributed by atoms with Crippen LogP contribution in [0.2, 0.25) is 0 Å². The number of carbonyl (C=O) groups is 2. The zero-order chi connectivity index (χ0) is 16.1. The van der Waals surface area contributed by atoms with Gasteiger partial charge in [0.05, 0.1) is 7.11 Å². The Kier molecular flexibility index (Phi) is 3.53. The van der Waals surface area contributed by atoms with E-state index in [0.29, 0.717) is 17.7 Å². The molecule has 7 heteroatoms. The third kappa shape index (κ3) is 2.42. The second-order valence-electron chi connectivity index (χ2n) is 5.86. The number of halogens is 2. The summed E-state index contributed by atoms with van der Waals surface area (Å²) in [7, 11) is 1.57. The lowest BCUT2D eigenvalue weighted by molar-refractivity contribution is -0.131. The first-order chi connectivity index (χ1) is 10.3. The molecule has 1 saturated carbocycles. The number of alkyl halides is 2. The van der Waals surface area contributed by atoms with Gasteiger partial charge in [-0.15, -0.1) is 23.2 Å². The van der Waals surface area contributed by atoms with E-state index in [0.717, 1.165) is 0 Å². The van der Waals surface area contributed by atoms with Crippen molar-refractivity contribution in [2.75, 3.05) is 13.7 Å². The SMILES string of the molecule is COc1ccc(C2(C)NC(=O)N(CC3CC3(Cl)Cl)C2=O)cc1. The van der Waals surface area contributed by atoms with Crippen molar-refractivity contribution < 1.29 is 14.3 Å². The first-order valence-electron chi connectivity index (χ1n) is 6.94. The van der Waals surface area contributed by atoms with Crippen molar-refractivity contribution in [3.63, 3.8) is 0 Å². The van der Waals surface area contributed by atoms with E-state index in [2.05, 4.69) is 5.32 Å². The van der Waals surface area contributed by atoms with Crippen LogP contribution in [-0.4, -0.2) is 34.8 Å². The number of nitrogens with one attached hydrogen (secondary N) is 1. The minimum atomic E-state index is -1.08.